The van der Waals surface area contributed by atoms with Crippen LogP contribution in [0, 0.1) is 30.6 Å². The molecule has 0 rings (SSSR count). The predicted molar refractivity (Wildman–Crippen MR) is 40.7 cm³/mol. The van der Waals surface area contributed by atoms with Gasteiger partial charge in [0.15, 0.2) is 0 Å². The normalized spacial score (nSPS) is 7.64. The first-order valence-electron chi connectivity index (χ1n) is 1.88. The van der Waals surface area contributed by atoms with Crippen LogP contribution < -0.4 is 0 Å². The average molecular weight is 246 g/mol. The summed E-state index contributed by atoms with van der Waals surface area (Å²) in [5.41, 5.74) is 0. The maximum atomic E-state index is 8.88. The Balaban J connectivity index is -0.0000000522. The van der Waals surface area contributed by atoms with E-state index in [4.69, 9.17) is 49.9 Å². The molecule has 0 saturated carbocycles. The smallest absolute Gasteiger partial charge is 0.356 e. The molecule has 0 spiro atoms. The second kappa shape index (κ2) is 12.3. The third-order valence-corrected chi connectivity index (χ3v) is 0. The van der Waals surface area contributed by atoms with E-state index >= 15 is 0 Å². The van der Waals surface area contributed by atoms with Gasteiger partial charge in [-0.2, -0.15) is 0 Å². The molecule has 0 radical (unpaired) electrons. The molecule has 0 aliphatic heterocycles. The molecular formula is H3MgN2O10P. The van der Waals surface area contributed by atoms with Crippen molar-refractivity contribution in [3.8, 4) is 0 Å². The van der Waals surface area contributed by atoms with Gasteiger partial charge in [0, 0.05) is 0 Å². The van der Waals surface area contributed by atoms with E-state index in [-0.39, 0.29) is 23.1 Å². The van der Waals surface area contributed by atoms with E-state index in [1.165, 1.54) is 0 Å². The quantitative estimate of drug-likeness (QED) is 0.189. The monoisotopic (exact) mass is 246 g/mol. The topological polar surface area (TPSA) is 210 Å². The Hall–Kier alpha value is -0.724. The van der Waals surface area contributed by atoms with Gasteiger partial charge in [-0.1, -0.05) is 0 Å². The summed E-state index contributed by atoms with van der Waals surface area (Å²) in [5, 5.41) is 29.5. The Bertz CT molecular complexity index is 166. The van der Waals surface area contributed by atoms with Crippen molar-refractivity contribution < 1.29 is 29.4 Å². The van der Waals surface area contributed by atoms with E-state index in [2.05, 4.69) is 0 Å². The van der Waals surface area contributed by atoms with E-state index in [0.717, 1.165) is 0 Å². The van der Waals surface area contributed by atoms with Gasteiger partial charge in [-0.15, -0.1) is 0 Å². The SMILES string of the molecule is O=P(O)(O)O.O=[N+]([O-])[O-].O=[N+]([O-])[O-].[Mg+2]. The fourth-order valence-corrected chi connectivity index (χ4v) is 0. The van der Waals surface area contributed by atoms with Crippen molar-refractivity contribution >= 4 is 30.9 Å². The second-order valence-corrected chi connectivity index (χ2v) is 1.99. The zero-order chi connectivity index (χ0) is 11.7. The molecule has 0 aromatic carbocycles. The van der Waals surface area contributed by atoms with Crippen LogP contribution in [0.4, 0.5) is 0 Å². The molecule has 12 nitrogen and oxygen atoms in total. The standard InChI is InChI=1S/Mg.2NO3.H3O4P/c;2*2-1(3)4;1-5(2,3)4/h;;;(H3,1,2,3,4)/q+2;2*-1;. The Morgan fingerprint density at radius 3 is 0.857 bits per heavy atom. The van der Waals surface area contributed by atoms with E-state index in [1.807, 2.05) is 0 Å². The van der Waals surface area contributed by atoms with Crippen LogP contribution >= 0.6 is 7.82 Å². The first-order valence-corrected chi connectivity index (χ1v) is 3.44. The summed E-state index contributed by atoms with van der Waals surface area (Å²) in [7, 11) is -4.64. The van der Waals surface area contributed by atoms with Gasteiger partial charge in [-0.3, -0.25) is 0 Å². The van der Waals surface area contributed by atoms with Gasteiger partial charge in [0.2, 0.25) is 0 Å². The Morgan fingerprint density at radius 2 is 0.857 bits per heavy atom. The molecule has 3 N–H and O–H groups in total. The minimum atomic E-state index is -4.64. The van der Waals surface area contributed by atoms with Gasteiger partial charge < -0.3 is 45.3 Å². The van der Waals surface area contributed by atoms with E-state index in [9.17, 15) is 0 Å². The largest absolute Gasteiger partial charge is 2.00 e. The molecule has 0 aliphatic carbocycles. The molecule has 0 unspecified atom stereocenters. The molecule has 0 saturated heterocycles. The third kappa shape index (κ3) is 2270. The molecule has 14 heteroatoms. The maximum absolute atomic E-state index is 8.88. The van der Waals surface area contributed by atoms with Crippen molar-refractivity contribution in [2.45, 2.75) is 0 Å². The predicted octanol–water partition coefficient (Wildman–Crippen LogP) is -1.79. The summed E-state index contributed by atoms with van der Waals surface area (Å²) in [6.07, 6.45) is 0. The molecule has 0 aromatic heterocycles. The van der Waals surface area contributed by atoms with Gasteiger partial charge in [0.05, 0.1) is 10.2 Å². The molecule has 0 bridgehead atoms. The molecule has 0 aliphatic rings. The Kier molecular flexibility index (Phi) is 20.4. The number of phosphoric acid groups is 1. The molecule has 14 heavy (non-hydrogen) atoms. The van der Waals surface area contributed by atoms with Crippen LogP contribution in [0.25, 0.3) is 0 Å². The van der Waals surface area contributed by atoms with Crippen molar-refractivity contribution in [2.24, 2.45) is 0 Å². The fourth-order valence-electron chi connectivity index (χ4n) is 0. The van der Waals surface area contributed by atoms with E-state index < -0.39 is 18.0 Å². The van der Waals surface area contributed by atoms with Crippen molar-refractivity contribution in [3.63, 3.8) is 0 Å². The van der Waals surface area contributed by atoms with Crippen molar-refractivity contribution in [2.75, 3.05) is 0 Å². The number of nitrogens with zero attached hydrogens (tertiary/aromatic N) is 2. The van der Waals surface area contributed by atoms with Crippen molar-refractivity contribution in [3.05, 3.63) is 30.6 Å². The summed E-state index contributed by atoms with van der Waals surface area (Å²) in [6.45, 7) is 0. The van der Waals surface area contributed by atoms with Gasteiger partial charge in [0.25, 0.3) is 0 Å². The second-order valence-electron chi connectivity index (χ2n) is 0.960. The summed E-state index contributed by atoms with van der Waals surface area (Å²) < 4.78 is 8.88. The average Bonchev–Trinajstić information content (AvgIpc) is 1.50. The zero-order valence-corrected chi connectivity index (χ0v) is 8.56. The molecule has 0 fully saturated rings. The Labute approximate surface area is 91.4 Å². The number of hydrogen-bond acceptors (Lipinski definition) is 7. The molecule has 0 amide bonds. The first-order chi connectivity index (χ1) is 5.46. The van der Waals surface area contributed by atoms with Crippen LogP contribution in [0.1, 0.15) is 0 Å². The van der Waals surface area contributed by atoms with Crippen LogP contribution in [0.3, 0.4) is 0 Å². The zero-order valence-electron chi connectivity index (χ0n) is 6.25. The summed E-state index contributed by atoms with van der Waals surface area (Å²) in [6, 6.07) is 0. The first kappa shape index (κ1) is 23.3. The van der Waals surface area contributed by atoms with Crippen LogP contribution in [-0.2, 0) is 4.57 Å². The van der Waals surface area contributed by atoms with Crippen LogP contribution in [0.2, 0.25) is 0 Å². The van der Waals surface area contributed by atoms with E-state index in [1.54, 1.807) is 0 Å². The van der Waals surface area contributed by atoms with Crippen LogP contribution in [-0.4, -0.2) is 47.9 Å². The van der Waals surface area contributed by atoms with Gasteiger partial charge in [-0.25, -0.2) is 4.57 Å². The van der Waals surface area contributed by atoms with Gasteiger partial charge in [-0.05, 0) is 0 Å². The van der Waals surface area contributed by atoms with Gasteiger partial charge >= 0.3 is 30.9 Å². The third-order valence-electron chi connectivity index (χ3n) is 0. The van der Waals surface area contributed by atoms with Crippen LogP contribution in [0.5, 0.6) is 0 Å². The molecule has 80 valence electrons. The van der Waals surface area contributed by atoms with Gasteiger partial charge in [0.1, 0.15) is 0 Å². The molecular weight excluding hydrogens is 243 g/mol. The summed E-state index contributed by atoms with van der Waals surface area (Å²) in [5.74, 6) is 0. The Morgan fingerprint density at radius 1 is 0.857 bits per heavy atom. The molecule has 0 heterocycles. The summed E-state index contributed by atoms with van der Waals surface area (Å²) in [4.78, 5) is 38.1. The molecule has 0 aromatic rings. The molecule has 0 atom stereocenters. The number of rotatable bonds is 0. The van der Waals surface area contributed by atoms with Crippen LogP contribution in [0.15, 0.2) is 0 Å². The minimum absolute atomic E-state index is 0. The van der Waals surface area contributed by atoms with E-state index in [0.29, 0.717) is 0 Å². The minimum Gasteiger partial charge on any atom is -0.356 e. The van der Waals surface area contributed by atoms with Crippen molar-refractivity contribution in [1.29, 1.82) is 0 Å². The fraction of sp³-hybridized carbons (Fsp3) is 0. The van der Waals surface area contributed by atoms with Crippen molar-refractivity contribution in [1.82, 2.24) is 0 Å². The summed E-state index contributed by atoms with van der Waals surface area (Å²) >= 11 is 0. The maximum Gasteiger partial charge on any atom is 2.00 e. The number of hydrogen-bond donors (Lipinski definition) is 3.